The lowest BCUT2D eigenvalue weighted by Crippen LogP contribution is -2.49. The van der Waals surface area contributed by atoms with Crippen molar-refractivity contribution in [1.82, 2.24) is 15.2 Å². The van der Waals surface area contributed by atoms with Crippen LogP contribution in [0.3, 0.4) is 0 Å². The molecule has 12 heteroatoms. The van der Waals surface area contributed by atoms with Gasteiger partial charge in [-0.05, 0) is 35.2 Å². The van der Waals surface area contributed by atoms with Gasteiger partial charge in [0.1, 0.15) is 11.8 Å². The molecule has 1 aromatic heterocycles. The first-order chi connectivity index (χ1) is 21.2. The first-order valence-corrected chi connectivity index (χ1v) is 14.3. The van der Waals surface area contributed by atoms with E-state index in [1.165, 1.54) is 38.5 Å². The minimum absolute atomic E-state index is 0.0123. The van der Waals surface area contributed by atoms with Crippen molar-refractivity contribution < 1.29 is 42.1 Å². The molecule has 0 saturated carbocycles. The van der Waals surface area contributed by atoms with Gasteiger partial charge in [0.2, 0.25) is 5.88 Å². The molecule has 3 aromatic rings. The molecule has 242 valence electrons. The largest absolute Gasteiger partial charge is 0.496 e. The quantitative estimate of drug-likeness (QED) is 0.296. The second-order valence-electron chi connectivity index (χ2n) is 11.9. The van der Waals surface area contributed by atoms with Crippen LogP contribution in [0.15, 0.2) is 66.9 Å². The van der Waals surface area contributed by atoms with Gasteiger partial charge in [-0.15, -0.1) is 0 Å². The van der Waals surface area contributed by atoms with Crippen molar-refractivity contribution >= 4 is 11.9 Å². The molecule has 1 aliphatic rings. The highest BCUT2D eigenvalue weighted by Gasteiger charge is 2.59. The number of rotatable bonds is 10. The molecule has 1 amide bonds. The number of hydrogen-bond acceptors (Lipinski definition) is 7. The highest BCUT2D eigenvalue weighted by atomic mass is 19.4. The zero-order chi connectivity index (χ0) is 33.1. The zero-order valence-corrected chi connectivity index (χ0v) is 26.0. The highest BCUT2D eigenvalue weighted by molar-refractivity contribution is 5.89. The second kappa shape index (κ2) is 13.5. The fourth-order valence-corrected chi connectivity index (χ4v) is 6.29. The van der Waals surface area contributed by atoms with Gasteiger partial charge in [-0.25, -0.2) is 9.78 Å². The zero-order valence-electron chi connectivity index (χ0n) is 26.0. The number of methoxy groups -OCH3 is 3. The van der Waals surface area contributed by atoms with Crippen molar-refractivity contribution in [2.75, 3.05) is 21.3 Å². The summed E-state index contributed by atoms with van der Waals surface area (Å²) in [7, 11) is 4.10. The predicted octanol–water partition coefficient (Wildman–Crippen LogP) is 5.66. The summed E-state index contributed by atoms with van der Waals surface area (Å²) in [5, 5.41) is 14.1. The third kappa shape index (κ3) is 6.91. The summed E-state index contributed by atoms with van der Waals surface area (Å²) in [5.41, 5.74) is -0.104. The van der Waals surface area contributed by atoms with Crippen LogP contribution in [0, 0.1) is 11.3 Å². The van der Waals surface area contributed by atoms with Crippen LogP contribution in [0.4, 0.5) is 13.2 Å². The Kier molecular flexibility index (Phi) is 10.1. The van der Waals surface area contributed by atoms with Crippen LogP contribution in [0.1, 0.15) is 55.2 Å². The molecule has 1 saturated heterocycles. The molecule has 9 nitrogen and oxygen atoms in total. The van der Waals surface area contributed by atoms with Crippen molar-refractivity contribution in [3.05, 3.63) is 89.1 Å². The van der Waals surface area contributed by atoms with E-state index in [0.29, 0.717) is 16.7 Å². The average molecular weight is 630 g/mol. The number of aromatic nitrogens is 1. The smallest absolute Gasteiger partial charge is 0.416 e. The Morgan fingerprint density at radius 2 is 1.69 bits per heavy atom. The van der Waals surface area contributed by atoms with Gasteiger partial charge in [0.15, 0.2) is 6.10 Å². The third-order valence-electron chi connectivity index (χ3n) is 8.19. The van der Waals surface area contributed by atoms with E-state index in [2.05, 4.69) is 10.3 Å². The summed E-state index contributed by atoms with van der Waals surface area (Å²) in [6.07, 6.45) is -4.15. The monoisotopic (exact) mass is 629 g/mol. The number of halogens is 3. The van der Waals surface area contributed by atoms with Gasteiger partial charge in [0.05, 0.1) is 25.8 Å². The number of amides is 1. The summed E-state index contributed by atoms with van der Waals surface area (Å²) < 4.78 is 56.8. The number of alkyl halides is 3. The molecule has 0 radical (unpaired) electrons. The van der Waals surface area contributed by atoms with E-state index in [9.17, 15) is 27.9 Å². The van der Waals surface area contributed by atoms with E-state index in [1.807, 2.05) is 20.8 Å². The summed E-state index contributed by atoms with van der Waals surface area (Å²) >= 11 is 0. The highest BCUT2D eigenvalue weighted by Crippen LogP contribution is 2.50. The standard InChI is InChI=1S/C33H38F3N3O6/c1-32(2,3)24-25(38-18-20-14-15-21(33(34,35)36)17-23(20)43-4)26(22-13-10-16-37-29(22)45-6)39(27(24)31(41)42)30(40)28(44-5)19-11-8-7-9-12-19/h7-17,24-28,38H,18H2,1-6H3,(H,41,42)/t24-,25-,26-,27-,28+/m0/s1. The van der Waals surface area contributed by atoms with Gasteiger partial charge in [0, 0.05) is 42.9 Å². The van der Waals surface area contributed by atoms with Crippen LogP contribution in [0.25, 0.3) is 0 Å². The summed E-state index contributed by atoms with van der Waals surface area (Å²) in [5.74, 6) is -2.26. The Morgan fingerprint density at radius 3 is 2.24 bits per heavy atom. The molecule has 2 aromatic carbocycles. The molecular formula is C33H38F3N3O6. The van der Waals surface area contributed by atoms with E-state index in [4.69, 9.17) is 14.2 Å². The number of aliphatic carboxylic acids is 1. The van der Waals surface area contributed by atoms with Crippen LogP contribution in [-0.2, 0) is 27.0 Å². The van der Waals surface area contributed by atoms with E-state index in [1.54, 1.807) is 42.5 Å². The van der Waals surface area contributed by atoms with Crippen molar-refractivity contribution in [3.63, 3.8) is 0 Å². The van der Waals surface area contributed by atoms with E-state index >= 15 is 0 Å². The molecule has 2 heterocycles. The molecule has 1 fully saturated rings. The van der Waals surface area contributed by atoms with Gasteiger partial charge in [-0.1, -0.05) is 57.2 Å². The number of carbonyl (C=O) groups excluding carboxylic acids is 1. The lowest BCUT2D eigenvalue weighted by atomic mass is 9.72. The number of hydrogen-bond donors (Lipinski definition) is 2. The summed E-state index contributed by atoms with van der Waals surface area (Å²) in [4.78, 5) is 33.4. The fourth-order valence-electron chi connectivity index (χ4n) is 6.29. The van der Waals surface area contributed by atoms with Crippen molar-refractivity contribution in [2.24, 2.45) is 11.3 Å². The van der Waals surface area contributed by atoms with E-state index in [0.717, 1.165) is 12.1 Å². The molecule has 2 N–H and O–H groups in total. The Morgan fingerprint density at radius 1 is 1.00 bits per heavy atom. The van der Waals surface area contributed by atoms with Gasteiger partial charge in [-0.2, -0.15) is 13.2 Å². The van der Waals surface area contributed by atoms with Gasteiger partial charge in [0.25, 0.3) is 5.91 Å². The predicted molar refractivity (Wildman–Crippen MR) is 160 cm³/mol. The molecule has 45 heavy (non-hydrogen) atoms. The summed E-state index contributed by atoms with van der Waals surface area (Å²) in [6, 6.07) is 12.4. The maximum absolute atomic E-state index is 14.5. The Bertz CT molecular complexity index is 1490. The SMILES string of the molecule is COc1cc(C(F)(F)F)ccc1CN[C@H]1[C@H](C(C)(C)C)[C@@H](C(=O)O)N(C(=O)[C@H](OC)c2ccccc2)[C@H]1c1cccnc1OC. The number of nitrogens with zero attached hydrogens (tertiary/aromatic N) is 2. The van der Waals surface area contributed by atoms with E-state index < -0.39 is 59.2 Å². The molecule has 0 spiro atoms. The number of carboxylic acids is 1. The van der Waals surface area contributed by atoms with Crippen LogP contribution < -0.4 is 14.8 Å². The van der Waals surface area contributed by atoms with Crippen molar-refractivity contribution in [2.45, 2.75) is 57.7 Å². The molecule has 0 aliphatic carbocycles. The first-order valence-electron chi connectivity index (χ1n) is 14.3. The number of benzene rings is 2. The topological polar surface area (TPSA) is 110 Å². The van der Waals surface area contributed by atoms with Gasteiger partial charge < -0.3 is 29.5 Å². The van der Waals surface area contributed by atoms with Crippen LogP contribution in [-0.4, -0.2) is 60.3 Å². The molecule has 4 rings (SSSR count). The fraction of sp³-hybridized carbons (Fsp3) is 0.424. The van der Waals surface area contributed by atoms with Crippen molar-refractivity contribution in [3.8, 4) is 11.6 Å². The number of pyridine rings is 1. The number of carboxylic acid groups (broad SMARTS) is 1. The maximum atomic E-state index is 14.5. The molecule has 5 atom stereocenters. The van der Waals surface area contributed by atoms with E-state index in [-0.39, 0.29) is 18.2 Å². The van der Waals surface area contributed by atoms with Crippen LogP contribution >= 0.6 is 0 Å². The summed E-state index contributed by atoms with van der Waals surface area (Å²) in [6.45, 7) is 5.67. The minimum Gasteiger partial charge on any atom is -0.496 e. The number of nitrogens with one attached hydrogen (secondary N) is 1. The number of carbonyl (C=O) groups is 2. The molecule has 0 bridgehead atoms. The number of ether oxygens (including phenoxy) is 3. The maximum Gasteiger partial charge on any atom is 0.416 e. The average Bonchev–Trinajstić information content (AvgIpc) is 3.36. The lowest BCUT2D eigenvalue weighted by Gasteiger charge is -2.35. The van der Waals surface area contributed by atoms with Gasteiger partial charge >= 0.3 is 12.1 Å². The molecular weight excluding hydrogens is 591 g/mol. The first kappa shape index (κ1) is 33.7. The molecule has 0 unspecified atom stereocenters. The Balaban J connectivity index is 1.89. The third-order valence-corrected chi connectivity index (χ3v) is 8.19. The lowest BCUT2D eigenvalue weighted by molar-refractivity contribution is -0.157. The Hall–Kier alpha value is -4.16. The van der Waals surface area contributed by atoms with Crippen LogP contribution in [0.2, 0.25) is 0 Å². The second-order valence-corrected chi connectivity index (χ2v) is 11.9. The number of likely N-dealkylation sites (tertiary alicyclic amines) is 1. The van der Waals surface area contributed by atoms with Gasteiger partial charge in [-0.3, -0.25) is 4.79 Å². The Labute approximate surface area is 260 Å². The minimum atomic E-state index is -4.56. The normalized spacial score (nSPS) is 21.0. The van der Waals surface area contributed by atoms with Crippen LogP contribution in [0.5, 0.6) is 11.6 Å². The molecule has 1 aliphatic heterocycles. The van der Waals surface area contributed by atoms with Crippen molar-refractivity contribution in [1.29, 1.82) is 0 Å².